The standard InChI is InChI=1S/C12H9BrFN3O2/c1-19-12(18)10-5-16-11(6-15-10)17-9-4-7(13)2-3-8(9)14/h2-6H,1H3,(H,16,17). The molecule has 2 aromatic rings. The zero-order valence-corrected chi connectivity index (χ0v) is 11.4. The highest BCUT2D eigenvalue weighted by atomic mass is 79.9. The lowest BCUT2D eigenvalue weighted by atomic mass is 10.3. The van der Waals surface area contributed by atoms with Crippen LogP contribution in [-0.4, -0.2) is 23.0 Å². The Morgan fingerprint density at radius 2 is 2.16 bits per heavy atom. The Bertz CT molecular complexity index is 604. The number of aromatic nitrogens is 2. The van der Waals surface area contributed by atoms with Crippen LogP contribution in [0.3, 0.4) is 0 Å². The fourth-order valence-electron chi connectivity index (χ4n) is 1.33. The largest absolute Gasteiger partial charge is 0.464 e. The van der Waals surface area contributed by atoms with Crippen molar-refractivity contribution >= 4 is 33.4 Å². The first-order valence-corrected chi connectivity index (χ1v) is 6.02. The number of halogens is 2. The van der Waals surface area contributed by atoms with Crippen LogP contribution in [0.15, 0.2) is 35.1 Å². The van der Waals surface area contributed by atoms with E-state index in [4.69, 9.17) is 0 Å². The number of benzene rings is 1. The van der Waals surface area contributed by atoms with Crippen molar-refractivity contribution in [1.82, 2.24) is 9.97 Å². The lowest BCUT2D eigenvalue weighted by Gasteiger charge is -2.07. The molecular formula is C12H9BrFN3O2. The lowest BCUT2D eigenvalue weighted by Crippen LogP contribution is -2.06. The fraction of sp³-hybridized carbons (Fsp3) is 0.0833. The van der Waals surface area contributed by atoms with Gasteiger partial charge in [-0.1, -0.05) is 15.9 Å². The van der Waals surface area contributed by atoms with E-state index in [0.29, 0.717) is 5.82 Å². The molecule has 0 atom stereocenters. The molecule has 1 N–H and O–H groups in total. The van der Waals surface area contributed by atoms with Crippen LogP contribution in [0.2, 0.25) is 0 Å². The maximum Gasteiger partial charge on any atom is 0.358 e. The Balaban J connectivity index is 2.19. The molecule has 0 saturated carbocycles. The minimum Gasteiger partial charge on any atom is -0.464 e. The molecule has 0 saturated heterocycles. The van der Waals surface area contributed by atoms with Gasteiger partial charge in [0.2, 0.25) is 0 Å². The average Bonchev–Trinajstić information content (AvgIpc) is 2.43. The summed E-state index contributed by atoms with van der Waals surface area (Å²) in [6, 6.07) is 4.49. The highest BCUT2D eigenvalue weighted by Gasteiger charge is 2.08. The number of nitrogens with zero attached hydrogens (tertiary/aromatic N) is 2. The van der Waals surface area contributed by atoms with Crippen molar-refractivity contribution in [3.8, 4) is 0 Å². The summed E-state index contributed by atoms with van der Waals surface area (Å²) in [5.41, 5.74) is 0.345. The zero-order valence-electron chi connectivity index (χ0n) is 9.85. The quantitative estimate of drug-likeness (QED) is 0.879. The molecule has 0 radical (unpaired) electrons. The van der Waals surface area contributed by atoms with Gasteiger partial charge in [-0.3, -0.25) is 0 Å². The molecule has 1 aromatic heterocycles. The van der Waals surface area contributed by atoms with Gasteiger partial charge in [-0.2, -0.15) is 0 Å². The molecule has 0 amide bonds. The Morgan fingerprint density at radius 1 is 1.37 bits per heavy atom. The molecule has 0 unspecified atom stereocenters. The molecule has 0 aliphatic rings. The molecule has 0 aliphatic heterocycles. The van der Waals surface area contributed by atoms with Crippen molar-refractivity contribution < 1.29 is 13.9 Å². The number of methoxy groups -OCH3 is 1. The van der Waals surface area contributed by atoms with E-state index in [0.717, 1.165) is 4.47 Å². The number of hydrogen-bond donors (Lipinski definition) is 1. The lowest BCUT2D eigenvalue weighted by molar-refractivity contribution is 0.0593. The van der Waals surface area contributed by atoms with Gasteiger partial charge in [0, 0.05) is 4.47 Å². The van der Waals surface area contributed by atoms with E-state index < -0.39 is 11.8 Å². The molecule has 98 valence electrons. The van der Waals surface area contributed by atoms with Crippen molar-refractivity contribution in [3.63, 3.8) is 0 Å². The SMILES string of the molecule is COC(=O)c1cnc(Nc2cc(Br)ccc2F)cn1. The third kappa shape index (κ3) is 3.25. The highest BCUT2D eigenvalue weighted by Crippen LogP contribution is 2.22. The minimum atomic E-state index is -0.576. The van der Waals surface area contributed by atoms with E-state index in [1.165, 1.54) is 25.6 Å². The summed E-state index contributed by atoms with van der Waals surface area (Å²) in [6.45, 7) is 0. The minimum absolute atomic E-state index is 0.0859. The van der Waals surface area contributed by atoms with E-state index >= 15 is 0 Å². The summed E-state index contributed by atoms with van der Waals surface area (Å²) in [4.78, 5) is 19.0. The molecule has 0 aliphatic carbocycles. The van der Waals surface area contributed by atoms with Crippen LogP contribution in [0, 0.1) is 5.82 Å². The zero-order chi connectivity index (χ0) is 13.8. The third-order valence-corrected chi connectivity index (χ3v) is 2.73. The number of ether oxygens (including phenoxy) is 1. The fourth-order valence-corrected chi connectivity index (χ4v) is 1.69. The van der Waals surface area contributed by atoms with Crippen LogP contribution in [0.1, 0.15) is 10.5 Å². The molecular weight excluding hydrogens is 317 g/mol. The van der Waals surface area contributed by atoms with E-state index in [1.54, 1.807) is 12.1 Å². The monoisotopic (exact) mass is 325 g/mol. The van der Waals surface area contributed by atoms with Gasteiger partial charge >= 0.3 is 5.97 Å². The number of anilines is 2. The second-order valence-corrected chi connectivity index (χ2v) is 4.44. The van der Waals surface area contributed by atoms with E-state index in [2.05, 4.69) is 36.0 Å². The van der Waals surface area contributed by atoms with Gasteiger partial charge < -0.3 is 10.1 Å². The molecule has 0 spiro atoms. The van der Waals surface area contributed by atoms with Gasteiger partial charge in [-0.05, 0) is 18.2 Å². The number of hydrogen-bond acceptors (Lipinski definition) is 5. The molecule has 0 bridgehead atoms. The van der Waals surface area contributed by atoms with Gasteiger partial charge in [0.25, 0.3) is 0 Å². The normalized spacial score (nSPS) is 10.1. The number of carbonyl (C=O) groups is 1. The van der Waals surface area contributed by atoms with Crippen LogP contribution in [-0.2, 0) is 4.74 Å². The summed E-state index contributed by atoms with van der Waals surface area (Å²) in [6.07, 6.45) is 2.58. The summed E-state index contributed by atoms with van der Waals surface area (Å²) < 4.78 is 18.7. The smallest absolute Gasteiger partial charge is 0.358 e. The third-order valence-electron chi connectivity index (χ3n) is 2.24. The van der Waals surface area contributed by atoms with Crippen molar-refractivity contribution in [3.05, 3.63) is 46.6 Å². The number of esters is 1. The van der Waals surface area contributed by atoms with Gasteiger partial charge in [0.15, 0.2) is 5.69 Å². The summed E-state index contributed by atoms with van der Waals surface area (Å²) in [5.74, 6) is -0.667. The molecule has 1 aromatic carbocycles. The highest BCUT2D eigenvalue weighted by molar-refractivity contribution is 9.10. The van der Waals surface area contributed by atoms with Gasteiger partial charge in [0.1, 0.15) is 11.6 Å². The van der Waals surface area contributed by atoms with Crippen LogP contribution < -0.4 is 5.32 Å². The Hall–Kier alpha value is -2.02. The van der Waals surface area contributed by atoms with E-state index in [9.17, 15) is 9.18 Å². The van der Waals surface area contributed by atoms with Crippen molar-refractivity contribution in [2.75, 3.05) is 12.4 Å². The van der Waals surface area contributed by atoms with Crippen molar-refractivity contribution in [2.24, 2.45) is 0 Å². The summed E-state index contributed by atoms with van der Waals surface area (Å²) >= 11 is 3.25. The van der Waals surface area contributed by atoms with Crippen molar-refractivity contribution in [2.45, 2.75) is 0 Å². The Kier molecular flexibility index (Phi) is 4.06. The number of rotatable bonds is 3. The first-order valence-electron chi connectivity index (χ1n) is 5.22. The van der Waals surface area contributed by atoms with Crippen LogP contribution >= 0.6 is 15.9 Å². The molecule has 5 nitrogen and oxygen atoms in total. The predicted octanol–water partition coefficient (Wildman–Crippen LogP) is 2.91. The van der Waals surface area contributed by atoms with Crippen LogP contribution in [0.25, 0.3) is 0 Å². The number of nitrogens with one attached hydrogen (secondary N) is 1. The summed E-state index contributed by atoms with van der Waals surface area (Å²) in [7, 11) is 1.26. The Morgan fingerprint density at radius 3 is 2.79 bits per heavy atom. The first kappa shape index (κ1) is 13.4. The Labute approximate surface area is 117 Å². The van der Waals surface area contributed by atoms with Gasteiger partial charge in [-0.15, -0.1) is 0 Å². The predicted molar refractivity (Wildman–Crippen MR) is 70.8 cm³/mol. The molecule has 7 heteroatoms. The van der Waals surface area contributed by atoms with Crippen LogP contribution in [0.5, 0.6) is 0 Å². The van der Waals surface area contributed by atoms with Gasteiger partial charge in [0.05, 0.1) is 25.2 Å². The molecule has 1 heterocycles. The second kappa shape index (κ2) is 5.75. The topological polar surface area (TPSA) is 64.1 Å². The average molecular weight is 326 g/mol. The molecule has 19 heavy (non-hydrogen) atoms. The summed E-state index contributed by atoms with van der Waals surface area (Å²) in [5, 5.41) is 2.77. The first-order chi connectivity index (χ1) is 9.10. The molecule has 0 fully saturated rings. The van der Waals surface area contributed by atoms with Crippen LogP contribution in [0.4, 0.5) is 15.9 Å². The van der Waals surface area contributed by atoms with Crippen molar-refractivity contribution in [1.29, 1.82) is 0 Å². The maximum atomic E-state index is 13.5. The maximum absolute atomic E-state index is 13.5. The van der Waals surface area contributed by atoms with Gasteiger partial charge in [-0.25, -0.2) is 19.2 Å². The van der Waals surface area contributed by atoms with E-state index in [1.807, 2.05) is 0 Å². The molecule has 2 rings (SSSR count). The van der Waals surface area contributed by atoms with E-state index in [-0.39, 0.29) is 11.4 Å². The number of carbonyl (C=O) groups excluding carboxylic acids is 1. The second-order valence-electron chi connectivity index (χ2n) is 3.53.